The Morgan fingerprint density at radius 3 is 1.45 bits per heavy atom. The average molecular weight is 1240 g/mol. The molecular formula is C59H81Cl2N13O8S2. The number of halogens is 2. The fourth-order valence-corrected chi connectivity index (χ4v) is 13.4. The molecule has 0 aromatic carbocycles. The number of rotatable bonds is 28. The van der Waals surface area contributed by atoms with E-state index in [4.69, 9.17) is 32.7 Å². The van der Waals surface area contributed by atoms with Gasteiger partial charge in [-0.2, -0.15) is 27.0 Å². The van der Waals surface area contributed by atoms with Gasteiger partial charge >= 0.3 is 0 Å². The van der Waals surface area contributed by atoms with E-state index in [1.807, 2.05) is 4.72 Å². The Hall–Kier alpha value is -5.88. The molecule has 7 heterocycles. The lowest BCUT2D eigenvalue weighted by molar-refractivity contribution is 0.0972. The molecular weight excluding hydrogens is 1150 g/mol. The number of sulfonamides is 2. The maximum absolute atomic E-state index is 12.9. The van der Waals surface area contributed by atoms with Crippen LogP contribution < -0.4 is 24.2 Å². The molecule has 456 valence electrons. The largest absolute Gasteiger partial charge is 0.477 e. The molecule has 0 bridgehead atoms. The Morgan fingerprint density at radius 2 is 1.05 bits per heavy atom. The predicted octanol–water partition coefficient (Wildman–Crippen LogP) is 10.9. The number of nitrogens with zero attached hydrogens (tertiary/aromatic N) is 10. The maximum Gasteiger partial charge on any atom is 0.283 e. The van der Waals surface area contributed by atoms with Gasteiger partial charge in [0.25, 0.3) is 31.9 Å². The van der Waals surface area contributed by atoms with E-state index in [0.29, 0.717) is 71.9 Å². The van der Waals surface area contributed by atoms with Crippen molar-refractivity contribution in [3.8, 4) is 23.4 Å². The minimum Gasteiger partial charge on any atom is -0.477 e. The molecule has 21 nitrogen and oxygen atoms in total. The summed E-state index contributed by atoms with van der Waals surface area (Å²) in [6.07, 6.45) is 27.2. The number of amides is 2. The Bertz CT molecular complexity index is 3250. The van der Waals surface area contributed by atoms with Crippen molar-refractivity contribution < 1.29 is 35.9 Å². The highest BCUT2D eigenvalue weighted by Gasteiger charge is 2.37. The van der Waals surface area contributed by atoms with Crippen LogP contribution in [0.4, 0.5) is 0 Å². The van der Waals surface area contributed by atoms with Crippen LogP contribution in [-0.4, -0.2) is 103 Å². The summed E-state index contributed by atoms with van der Waals surface area (Å²) >= 11 is 12.6. The summed E-state index contributed by atoms with van der Waals surface area (Å²) in [6, 6.07) is 12.1. The summed E-state index contributed by atoms with van der Waals surface area (Å²) < 4.78 is 73.2. The van der Waals surface area contributed by atoms with E-state index < -0.39 is 31.9 Å². The minimum absolute atomic E-state index is 0.0734. The van der Waals surface area contributed by atoms with Gasteiger partial charge in [0.15, 0.2) is 21.7 Å². The van der Waals surface area contributed by atoms with Crippen LogP contribution in [0.25, 0.3) is 11.6 Å². The van der Waals surface area contributed by atoms with Crippen molar-refractivity contribution in [2.24, 2.45) is 28.1 Å². The fraction of sp³-hybridized carbons (Fsp3) is 0.593. The van der Waals surface area contributed by atoms with Gasteiger partial charge in [0.1, 0.15) is 10.3 Å². The first kappa shape index (κ1) is 62.6. The van der Waals surface area contributed by atoms with Gasteiger partial charge in [0.2, 0.25) is 11.8 Å². The second kappa shape index (κ2) is 26.4. The molecule has 0 spiro atoms. The van der Waals surface area contributed by atoms with Crippen molar-refractivity contribution >= 4 is 55.1 Å². The van der Waals surface area contributed by atoms with Crippen LogP contribution in [0.1, 0.15) is 178 Å². The van der Waals surface area contributed by atoms with Crippen LogP contribution in [0.2, 0.25) is 10.3 Å². The third-order valence-corrected chi connectivity index (χ3v) is 19.8. The van der Waals surface area contributed by atoms with Crippen LogP contribution in [0, 0.1) is 28.1 Å². The van der Waals surface area contributed by atoms with Gasteiger partial charge in [-0.15, -0.1) is 10.2 Å². The zero-order valence-corrected chi connectivity index (χ0v) is 52.3. The number of carbonyl (C=O) groups excluding carboxylic acids is 2. The fourth-order valence-electron chi connectivity index (χ4n) is 11.2. The van der Waals surface area contributed by atoms with E-state index in [2.05, 4.69) is 81.9 Å². The second-order valence-electron chi connectivity index (χ2n) is 25.5. The van der Waals surface area contributed by atoms with Crippen molar-refractivity contribution in [2.75, 3.05) is 19.8 Å². The normalized spacial score (nSPS) is 19.1. The Labute approximate surface area is 503 Å². The quantitative estimate of drug-likeness (QED) is 0.0305. The SMILES string of the molecule is CC1(C)CCC(CCCCn2ccc(S(=O)(=O)NC(=O)c3ccc(-n4ccc(OCCCC5(C)CC5)n4)nc3Cl)n2)C1.CC1(CCCOc2ccn(-c3ccc(C(=O)NS(=O)(=O)c4ccn(CCCCC5CNC(C)(C)C5)n4)c(Cl)n3)n2)CC1. The third-order valence-electron chi connectivity index (χ3n) is 16.8. The summed E-state index contributed by atoms with van der Waals surface area (Å²) in [5.41, 5.74) is 1.48. The lowest BCUT2D eigenvalue weighted by atomic mass is 9.89. The van der Waals surface area contributed by atoms with E-state index in [0.717, 1.165) is 76.7 Å². The summed E-state index contributed by atoms with van der Waals surface area (Å²) in [5, 5.41) is 19.9. The lowest BCUT2D eigenvalue weighted by Gasteiger charge is -2.17. The Morgan fingerprint density at radius 1 is 0.583 bits per heavy atom. The first-order chi connectivity index (χ1) is 39.8. The first-order valence-electron chi connectivity index (χ1n) is 29.5. The maximum atomic E-state index is 12.9. The Kier molecular flexibility index (Phi) is 19.7. The number of hydrogen-bond acceptors (Lipinski definition) is 15. The van der Waals surface area contributed by atoms with E-state index in [-0.39, 0.29) is 37.0 Å². The number of aryl methyl sites for hydroxylation is 2. The van der Waals surface area contributed by atoms with E-state index >= 15 is 0 Å². The number of unbranched alkanes of at least 4 members (excludes halogenated alkanes) is 2. The average Bonchev–Trinajstić information content (AvgIpc) is 3.79. The van der Waals surface area contributed by atoms with Crippen molar-refractivity contribution in [3.63, 3.8) is 0 Å². The molecule has 3 aliphatic carbocycles. The molecule has 1 saturated heterocycles. The molecule has 6 aromatic heterocycles. The highest BCUT2D eigenvalue weighted by atomic mass is 35.5. The molecule has 4 aliphatic rings. The number of carbonyl (C=O) groups is 2. The zero-order valence-electron chi connectivity index (χ0n) is 49.2. The van der Waals surface area contributed by atoms with Gasteiger partial charge in [-0.1, -0.05) is 70.2 Å². The molecule has 2 unspecified atom stereocenters. The molecule has 3 N–H and O–H groups in total. The number of aromatic nitrogens is 10. The van der Waals surface area contributed by atoms with E-state index in [1.165, 1.54) is 91.1 Å². The molecule has 3 saturated carbocycles. The Balaban J connectivity index is 0.000000202. The molecule has 25 heteroatoms. The molecule has 6 aromatic rings. The van der Waals surface area contributed by atoms with Gasteiger partial charge in [-0.3, -0.25) is 19.0 Å². The predicted molar refractivity (Wildman–Crippen MR) is 320 cm³/mol. The van der Waals surface area contributed by atoms with Gasteiger partial charge in [0.05, 0.1) is 24.3 Å². The summed E-state index contributed by atoms with van der Waals surface area (Å²) in [5.74, 6) is 1.34. The monoisotopic (exact) mass is 1230 g/mol. The lowest BCUT2D eigenvalue weighted by Crippen LogP contribution is -2.31. The standard InChI is InChI=1S/C30H41ClN6O4S.C29H40ClN7O4S/c1-29(2)14-10-22(21-29)7-4-5-17-36-18-12-26(34-36)42(39,40)35-28(38)23-8-9-24(32-27(23)31)37-19-11-25(33-37)41-20-6-13-30(3)15-16-30;1-28(2)19-21(20-31-28)7-4-5-15-36-16-11-25(34-36)42(39,40)35-27(38)22-8-9-23(32-26(22)30)37-17-10-24(33-37)41-18-6-12-29(3)13-14-29/h8-9,11-12,18-19,22H,4-7,10,13-17,20-21H2,1-3H3,(H,35,38);8-11,16-17,21,31H,4-7,12-15,18-20H2,1-3H3,(H,35,38). The second-order valence-corrected chi connectivity index (χ2v) is 29.5. The first-order valence-corrected chi connectivity index (χ1v) is 33.2. The number of pyridine rings is 2. The molecule has 2 amide bonds. The van der Waals surface area contributed by atoms with Gasteiger partial charge in [-0.25, -0.2) is 28.8 Å². The van der Waals surface area contributed by atoms with E-state index in [1.54, 1.807) is 52.4 Å². The molecule has 1 aliphatic heterocycles. The van der Waals surface area contributed by atoms with Crippen molar-refractivity contribution in [3.05, 3.63) is 94.8 Å². The van der Waals surface area contributed by atoms with Crippen LogP contribution in [0.3, 0.4) is 0 Å². The third kappa shape index (κ3) is 17.6. The van der Waals surface area contributed by atoms with Crippen molar-refractivity contribution in [1.29, 1.82) is 0 Å². The van der Waals surface area contributed by atoms with Crippen LogP contribution in [0.15, 0.2) is 83.4 Å². The van der Waals surface area contributed by atoms with Crippen LogP contribution in [0.5, 0.6) is 11.8 Å². The summed E-state index contributed by atoms with van der Waals surface area (Å²) in [6.45, 7) is 17.1. The zero-order chi connectivity index (χ0) is 59.9. The van der Waals surface area contributed by atoms with Gasteiger partial charge in [0, 0.05) is 55.5 Å². The highest BCUT2D eigenvalue weighted by Crippen LogP contribution is 2.49. The smallest absolute Gasteiger partial charge is 0.283 e. The number of hydrogen-bond donors (Lipinski definition) is 3. The van der Waals surface area contributed by atoms with Gasteiger partial charge < -0.3 is 14.8 Å². The van der Waals surface area contributed by atoms with Crippen molar-refractivity contribution in [2.45, 2.75) is 186 Å². The van der Waals surface area contributed by atoms with Crippen LogP contribution in [-0.2, 0) is 33.1 Å². The molecule has 84 heavy (non-hydrogen) atoms. The van der Waals surface area contributed by atoms with E-state index in [9.17, 15) is 26.4 Å². The summed E-state index contributed by atoms with van der Waals surface area (Å²) in [7, 11) is -8.38. The molecule has 4 fully saturated rings. The topological polar surface area (TPSA) is 254 Å². The van der Waals surface area contributed by atoms with Crippen molar-refractivity contribution in [1.82, 2.24) is 63.9 Å². The molecule has 10 rings (SSSR count). The number of ether oxygens (including phenoxy) is 2. The highest BCUT2D eigenvalue weighted by molar-refractivity contribution is 7.90. The van der Waals surface area contributed by atoms with Gasteiger partial charge in [-0.05, 0) is 181 Å². The minimum atomic E-state index is -4.20. The van der Waals surface area contributed by atoms with Crippen LogP contribution >= 0.6 is 23.2 Å². The summed E-state index contributed by atoms with van der Waals surface area (Å²) in [4.78, 5) is 34.1. The molecule has 0 radical (unpaired) electrons. The number of nitrogens with one attached hydrogen (secondary N) is 3. The molecule has 2 atom stereocenters.